The van der Waals surface area contributed by atoms with E-state index in [0.717, 1.165) is 6.67 Å². The number of benzene rings is 3. The molecule has 4 rings (SSSR count). The first kappa shape index (κ1) is 14.7. The van der Waals surface area contributed by atoms with Gasteiger partial charge < -0.3 is 0 Å². The second kappa shape index (κ2) is 5.97. The highest BCUT2D eigenvalue weighted by atomic mass is 15.3. The Bertz CT molecular complexity index is 890. The standard InChI is InChI=1S/C22H21N2/c1-17-9-8-10-18(2)22(17)23-15-19-11-6-7-14-21(19)24(16-23)20-12-4-3-5-13-20/h3-15H,16H2,1-2H3/q+1. The lowest BCUT2D eigenvalue weighted by Crippen LogP contribution is -2.32. The third-order valence-corrected chi connectivity index (χ3v) is 4.61. The van der Waals surface area contributed by atoms with Crippen molar-refractivity contribution in [3.05, 3.63) is 89.5 Å². The van der Waals surface area contributed by atoms with Crippen molar-refractivity contribution in [2.24, 2.45) is 0 Å². The third-order valence-electron chi connectivity index (χ3n) is 4.61. The van der Waals surface area contributed by atoms with Crippen LogP contribution in [0.4, 0.5) is 17.1 Å². The van der Waals surface area contributed by atoms with E-state index in [9.17, 15) is 0 Å². The fourth-order valence-corrected chi connectivity index (χ4v) is 3.50. The highest BCUT2D eigenvalue weighted by Crippen LogP contribution is 2.33. The largest absolute Gasteiger partial charge is 0.285 e. The van der Waals surface area contributed by atoms with Crippen molar-refractivity contribution in [2.45, 2.75) is 13.8 Å². The van der Waals surface area contributed by atoms with Gasteiger partial charge in [-0.1, -0.05) is 48.5 Å². The number of aryl methyl sites for hydroxylation is 2. The molecule has 0 saturated heterocycles. The van der Waals surface area contributed by atoms with Crippen molar-refractivity contribution in [2.75, 3.05) is 11.6 Å². The van der Waals surface area contributed by atoms with Crippen molar-refractivity contribution in [3.8, 4) is 0 Å². The molecule has 3 aromatic carbocycles. The molecule has 0 radical (unpaired) electrons. The Morgan fingerprint density at radius 1 is 0.750 bits per heavy atom. The summed E-state index contributed by atoms with van der Waals surface area (Å²) >= 11 is 0. The zero-order chi connectivity index (χ0) is 16.5. The summed E-state index contributed by atoms with van der Waals surface area (Å²) in [6, 6.07) is 25.7. The summed E-state index contributed by atoms with van der Waals surface area (Å²) in [6.07, 6.45) is 2.27. The van der Waals surface area contributed by atoms with E-state index in [0.29, 0.717) is 0 Å². The van der Waals surface area contributed by atoms with Crippen LogP contribution in [-0.2, 0) is 0 Å². The number of hydrogen-bond acceptors (Lipinski definition) is 1. The van der Waals surface area contributed by atoms with Gasteiger partial charge in [0.05, 0.1) is 11.3 Å². The minimum absolute atomic E-state index is 0.812. The summed E-state index contributed by atoms with van der Waals surface area (Å²) in [7, 11) is 0. The van der Waals surface area contributed by atoms with Crippen molar-refractivity contribution in [1.29, 1.82) is 0 Å². The molecule has 3 aromatic rings. The molecular formula is C22H21N2+. The number of para-hydroxylation sites is 3. The monoisotopic (exact) mass is 313 g/mol. The Labute approximate surface area is 143 Å². The SMILES string of the molecule is Cc1cccc(C)c1[N+]1=Cc2ccccc2N(c2ccccc2)C1. The van der Waals surface area contributed by atoms with Crippen molar-refractivity contribution in [3.63, 3.8) is 0 Å². The molecule has 24 heavy (non-hydrogen) atoms. The Balaban J connectivity index is 1.88. The third kappa shape index (κ3) is 2.50. The first-order valence-corrected chi connectivity index (χ1v) is 8.33. The molecule has 0 fully saturated rings. The molecule has 2 nitrogen and oxygen atoms in total. The van der Waals surface area contributed by atoms with E-state index in [-0.39, 0.29) is 0 Å². The lowest BCUT2D eigenvalue weighted by atomic mass is 10.1. The Morgan fingerprint density at radius 2 is 1.42 bits per heavy atom. The van der Waals surface area contributed by atoms with E-state index in [2.05, 4.69) is 102 Å². The Hall–Kier alpha value is -2.87. The molecule has 0 aromatic heterocycles. The van der Waals surface area contributed by atoms with Gasteiger partial charge in [-0.05, 0) is 38.1 Å². The van der Waals surface area contributed by atoms with E-state index in [4.69, 9.17) is 0 Å². The molecule has 0 bridgehead atoms. The highest BCUT2D eigenvalue weighted by molar-refractivity contribution is 5.89. The quantitative estimate of drug-likeness (QED) is 0.591. The highest BCUT2D eigenvalue weighted by Gasteiger charge is 2.27. The fourth-order valence-electron chi connectivity index (χ4n) is 3.50. The molecule has 0 spiro atoms. The Morgan fingerprint density at radius 3 is 2.17 bits per heavy atom. The van der Waals surface area contributed by atoms with Crippen LogP contribution in [0, 0.1) is 13.8 Å². The number of nitrogens with zero attached hydrogens (tertiary/aromatic N) is 2. The predicted octanol–water partition coefficient (Wildman–Crippen LogP) is 5.18. The molecule has 1 heterocycles. The van der Waals surface area contributed by atoms with Gasteiger partial charge in [0.15, 0.2) is 6.21 Å². The van der Waals surface area contributed by atoms with E-state index >= 15 is 0 Å². The lowest BCUT2D eigenvalue weighted by Gasteiger charge is -2.28. The molecule has 2 heteroatoms. The molecular weight excluding hydrogens is 292 g/mol. The zero-order valence-electron chi connectivity index (χ0n) is 14.1. The Kier molecular flexibility index (Phi) is 3.66. The molecule has 1 aliphatic heterocycles. The molecule has 0 atom stereocenters. The second-order valence-corrected chi connectivity index (χ2v) is 6.30. The summed E-state index contributed by atoms with van der Waals surface area (Å²) in [5, 5.41) is 0. The summed E-state index contributed by atoms with van der Waals surface area (Å²) in [5.74, 6) is 0. The van der Waals surface area contributed by atoms with Gasteiger partial charge in [-0.2, -0.15) is 4.58 Å². The molecule has 0 saturated carbocycles. The summed E-state index contributed by atoms with van der Waals surface area (Å²) in [5.41, 5.74) is 7.63. The van der Waals surface area contributed by atoms with Gasteiger partial charge in [0.25, 0.3) is 0 Å². The molecule has 118 valence electrons. The van der Waals surface area contributed by atoms with Crippen LogP contribution in [0.2, 0.25) is 0 Å². The van der Waals surface area contributed by atoms with Gasteiger partial charge in [0.2, 0.25) is 12.4 Å². The zero-order valence-corrected chi connectivity index (χ0v) is 14.1. The average Bonchev–Trinajstić information content (AvgIpc) is 2.62. The van der Waals surface area contributed by atoms with Crippen LogP contribution in [0.1, 0.15) is 16.7 Å². The molecule has 0 unspecified atom stereocenters. The van der Waals surface area contributed by atoms with Crippen molar-refractivity contribution in [1.82, 2.24) is 0 Å². The molecule has 0 aliphatic carbocycles. The van der Waals surface area contributed by atoms with Crippen LogP contribution < -0.4 is 4.90 Å². The molecule has 1 aliphatic rings. The number of hydrogen-bond donors (Lipinski definition) is 0. The normalized spacial score (nSPS) is 13.4. The second-order valence-electron chi connectivity index (χ2n) is 6.30. The topological polar surface area (TPSA) is 6.25 Å². The maximum Gasteiger partial charge on any atom is 0.228 e. The maximum atomic E-state index is 2.38. The van der Waals surface area contributed by atoms with Gasteiger partial charge in [-0.3, -0.25) is 4.90 Å². The van der Waals surface area contributed by atoms with Gasteiger partial charge in [-0.15, -0.1) is 0 Å². The number of anilines is 2. The lowest BCUT2D eigenvalue weighted by molar-refractivity contribution is -0.435. The van der Waals surface area contributed by atoms with E-state index in [1.165, 1.54) is 33.8 Å². The van der Waals surface area contributed by atoms with Gasteiger partial charge in [0, 0.05) is 16.8 Å². The van der Waals surface area contributed by atoms with Crippen molar-refractivity contribution < 1.29 is 4.58 Å². The van der Waals surface area contributed by atoms with Crippen molar-refractivity contribution >= 4 is 23.3 Å². The van der Waals surface area contributed by atoms with Gasteiger partial charge in [-0.25, -0.2) is 0 Å². The summed E-state index contributed by atoms with van der Waals surface area (Å²) in [6.45, 7) is 5.18. The van der Waals surface area contributed by atoms with Gasteiger partial charge >= 0.3 is 0 Å². The van der Waals surface area contributed by atoms with Crippen LogP contribution in [0.15, 0.2) is 72.8 Å². The van der Waals surface area contributed by atoms with E-state index in [1.807, 2.05) is 0 Å². The summed E-state index contributed by atoms with van der Waals surface area (Å²) in [4.78, 5) is 2.38. The minimum atomic E-state index is 0.812. The van der Waals surface area contributed by atoms with Crippen LogP contribution in [0.3, 0.4) is 0 Å². The van der Waals surface area contributed by atoms with Crippen LogP contribution in [0.25, 0.3) is 0 Å². The smallest absolute Gasteiger partial charge is 0.228 e. The first-order valence-electron chi connectivity index (χ1n) is 8.33. The van der Waals surface area contributed by atoms with Crippen LogP contribution in [-0.4, -0.2) is 17.5 Å². The first-order chi connectivity index (χ1) is 11.7. The van der Waals surface area contributed by atoms with Gasteiger partial charge in [0.1, 0.15) is 0 Å². The predicted molar refractivity (Wildman–Crippen MR) is 101 cm³/mol. The maximum absolute atomic E-state index is 2.38. The van der Waals surface area contributed by atoms with Crippen LogP contribution in [0.5, 0.6) is 0 Å². The number of rotatable bonds is 2. The average molecular weight is 313 g/mol. The van der Waals surface area contributed by atoms with Crippen LogP contribution >= 0.6 is 0 Å². The minimum Gasteiger partial charge on any atom is -0.285 e. The molecule has 0 N–H and O–H groups in total. The fraction of sp³-hybridized carbons (Fsp3) is 0.136. The van der Waals surface area contributed by atoms with E-state index < -0.39 is 0 Å². The van der Waals surface area contributed by atoms with E-state index in [1.54, 1.807) is 0 Å². The molecule has 0 amide bonds. The summed E-state index contributed by atoms with van der Waals surface area (Å²) < 4.78 is 2.36. The number of fused-ring (bicyclic) bond motifs is 1.